The third-order valence-electron chi connectivity index (χ3n) is 5.40. The van der Waals surface area contributed by atoms with Gasteiger partial charge in [-0.05, 0) is 61.7 Å². The molecule has 144 valence electrons. The van der Waals surface area contributed by atoms with Gasteiger partial charge in [0, 0.05) is 50.2 Å². The molecule has 0 saturated carbocycles. The predicted octanol–water partition coefficient (Wildman–Crippen LogP) is 3.18. The zero-order valence-electron chi connectivity index (χ0n) is 16.5. The maximum absolute atomic E-state index is 13.0. The minimum Gasteiger partial charge on any atom is -0.337 e. The molecule has 4 rings (SSSR count). The van der Waals surface area contributed by atoms with Crippen LogP contribution in [0, 0.1) is 12.8 Å². The highest BCUT2D eigenvalue weighted by Crippen LogP contribution is 2.20. The monoisotopic (exact) mass is 374 g/mol. The summed E-state index contributed by atoms with van der Waals surface area (Å²) < 4.78 is 0. The van der Waals surface area contributed by atoms with Gasteiger partial charge in [0.25, 0.3) is 5.91 Å². The van der Waals surface area contributed by atoms with E-state index in [4.69, 9.17) is 0 Å². The number of carbonyl (C=O) groups excluding carboxylic acids is 1. The van der Waals surface area contributed by atoms with E-state index in [1.165, 1.54) is 10.9 Å². The normalized spacial score (nSPS) is 18.2. The smallest absolute Gasteiger partial charge is 0.255 e. The molecular formula is C23H26N4O. The Morgan fingerprint density at radius 1 is 1.14 bits per heavy atom. The van der Waals surface area contributed by atoms with E-state index in [0.717, 1.165) is 43.7 Å². The van der Waals surface area contributed by atoms with Crippen molar-refractivity contribution in [2.24, 2.45) is 5.92 Å². The van der Waals surface area contributed by atoms with Crippen LogP contribution in [0.3, 0.4) is 0 Å². The average Bonchev–Trinajstić information content (AvgIpc) is 2.88. The molecule has 1 fully saturated rings. The van der Waals surface area contributed by atoms with Gasteiger partial charge in [-0.25, -0.2) is 0 Å². The molecule has 0 N–H and O–H groups in total. The van der Waals surface area contributed by atoms with E-state index < -0.39 is 0 Å². The fourth-order valence-corrected chi connectivity index (χ4v) is 4.04. The van der Waals surface area contributed by atoms with Gasteiger partial charge in [-0.15, -0.1) is 0 Å². The third kappa shape index (κ3) is 4.20. The number of aryl methyl sites for hydroxylation is 1. The van der Waals surface area contributed by atoms with Crippen molar-refractivity contribution in [1.29, 1.82) is 0 Å². The molecule has 3 aromatic rings. The second kappa shape index (κ2) is 8.07. The summed E-state index contributed by atoms with van der Waals surface area (Å²) in [6.45, 7) is 5.37. The Hall–Kier alpha value is -2.79. The van der Waals surface area contributed by atoms with Crippen molar-refractivity contribution in [2.75, 3.05) is 33.2 Å². The molecule has 0 radical (unpaired) electrons. The maximum atomic E-state index is 13.0. The number of hydrogen-bond acceptors (Lipinski definition) is 4. The second-order valence-corrected chi connectivity index (χ2v) is 7.86. The number of hydrogen-bond donors (Lipinski definition) is 0. The van der Waals surface area contributed by atoms with Gasteiger partial charge in [0.2, 0.25) is 0 Å². The Labute approximate surface area is 166 Å². The molecule has 0 unspecified atom stereocenters. The van der Waals surface area contributed by atoms with E-state index in [1.54, 1.807) is 12.4 Å². The van der Waals surface area contributed by atoms with Crippen molar-refractivity contribution < 1.29 is 4.79 Å². The molecule has 1 saturated heterocycles. The van der Waals surface area contributed by atoms with Crippen LogP contribution in [0.2, 0.25) is 0 Å². The molecule has 3 heterocycles. The van der Waals surface area contributed by atoms with Crippen molar-refractivity contribution >= 4 is 16.8 Å². The summed E-state index contributed by atoms with van der Waals surface area (Å²) in [6.07, 6.45) is 6.23. The minimum atomic E-state index is 0.0826. The molecule has 5 heteroatoms. The number of fused-ring (bicyclic) bond motifs is 1. The predicted molar refractivity (Wildman–Crippen MR) is 111 cm³/mol. The first-order valence-corrected chi connectivity index (χ1v) is 9.81. The number of amides is 1. The van der Waals surface area contributed by atoms with Crippen LogP contribution in [0.5, 0.6) is 0 Å². The minimum absolute atomic E-state index is 0.0826. The lowest BCUT2D eigenvalue weighted by atomic mass is 9.97. The Morgan fingerprint density at radius 2 is 2.04 bits per heavy atom. The summed E-state index contributed by atoms with van der Waals surface area (Å²) in [7, 11) is 2.14. The molecule has 1 aliphatic rings. The molecule has 1 aromatic carbocycles. The topological polar surface area (TPSA) is 49.3 Å². The van der Waals surface area contributed by atoms with Crippen LogP contribution < -0.4 is 0 Å². The van der Waals surface area contributed by atoms with Crippen molar-refractivity contribution in [3.8, 4) is 0 Å². The fourth-order valence-electron chi connectivity index (χ4n) is 4.04. The Balaban J connectivity index is 1.53. The second-order valence-electron chi connectivity index (χ2n) is 7.86. The number of nitrogens with zero attached hydrogens (tertiary/aromatic N) is 4. The van der Waals surface area contributed by atoms with Crippen molar-refractivity contribution in [2.45, 2.75) is 13.3 Å². The number of benzene rings is 1. The number of aromatic nitrogens is 2. The molecular weight excluding hydrogens is 348 g/mol. The Morgan fingerprint density at radius 3 is 2.89 bits per heavy atom. The van der Waals surface area contributed by atoms with Crippen LogP contribution in [-0.4, -0.2) is 58.9 Å². The summed E-state index contributed by atoms with van der Waals surface area (Å²) in [4.78, 5) is 26.0. The van der Waals surface area contributed by atoms with Gasteiger partial charge < -0.3 is 9.80 Å². The standard InChI is InChI=1S/C23H26N4O/c1-17-10-21(14-24-13-17)23(28)27-9-8-26(2)15-19(16-27)11-18-5-6-22-20(12-18)4-3-7-25-22/h3-7,10,12-14,19H,8-9,11,15-16H2,1-2H3/t19-/m1/s1. The van der Waals surface area contributed by atoms with Gasteiger partial charge in [0.15, 0.2) is 0 Å². The molecule has 1 aliphatic heterocycles. The number of carbonyl (C=O) groups is 1. The highest BCUT2D eigenvalue weighted by atomic mass is 16.2. The SMILES string of the molecule is Cc1cncc(C(=O)N2CCN(C)C[C@@H](Cc3ccc4ncccc4c3)C2)c1. The first-order valence-electron chi connectivity index (χ1n) is 9.81. The van der Waals surface area contributed by atoms with E-state index >= 15 is 0 Å². The molecule has 2 aromatic heterocycles. The lowest BCUT2D eigenvalue weighted by Crippen LogP contribution is -2.36. The van der Waals surface area contributed by atoms with Crippen LogP contribution in [0.1, 0.15) is 21.5 Å². The van der Waals surface area contributed by atoms with Crippen molar-refractivity contribution in [3.63, 3.8) is 0 Å². The van der Waals surface area contributed by atoms with Crippen LogP contribution in [-0.2, 0) is 6.42 Å². The summed E-state index contributed by atoms with van der Waals surface area (Å²) in [5.74, 6) is 0.475. The summed E-state index contributed by atoms with van der Waals surface area (Å²) in [5.41, 5.74) is 4.01. The zero-order chi connectivity index (χ0) is 19.5. The Kier molecular flexibility index (Phi) is 5.35. The van der Waals surface area contributed by atoms with Gasteiger partial charge in [0.1, 0.15) is 0 Å². The molecule has 1 amide bonds. The summed E-state index contributed by atoms with van der Waals surface area (Å²) in [6, 6.07) is 12.5. The molecule has 0 spiro atoms. The van der Waals surface area contributed by atoms with Gasteiger partial charge in [0.05, 0.1) is 11.1 Å². The maximum Gasteiger partial charge on any atom is 0.255 e. The molecule has 1 atom stereocenters. The van der Waals surface area contributed by atoms with Gasteiger partial charge >= 0.3 is 0 Å². The molecule has 5 nitrogen and oxygen atoms in total. The van der Waals surface area contributed by atoms with E-state index in [1.807, 2.05) is 30.2 Å². The van der Waals surface area contributed by atoms with E-state index in [9.17, 15) is 4.79 Å². The highest BCUT2D eigenvalue weighted by Gasteiger charge is 2.25. The average molecular weight is 374 g/mol. The highest BCUT2D eigenvalue weighted by molar-refractivity contribution is 5.94. The number of rotatable bonds is 3. The third-order valence-corrected chi connectivity index (χ3v) is 5.40. The Bertz CT molecular complexity index is 987. The van der Waals surface area contributed by atoms with Crippen molar-refractivity contribution in [3.05, 3.63) is 71.7 Å². The summed E-state index contributed by atoms with van der Waals surface area (Å²) >= 11 is 0. The zero-order valence-corrected chi connectivity index (χ0v) is 16.5. The number of pyridine rings is 2. The lowest BCUT2D eigenvalue weighted by Gasteiger charge is -2.24. The molecule has 0 aliphatic carbocycles. The first kappa shape index (κ1) is 18.6. The van der Waals surface area contributed by atoms with Crippen LogP contribution >= 0.6 is 0 Å². The molecule has 0 bridgehead atoms. The van der Waals surface area contributed by atoms with E-state index in [-0.39, 0.29) is 5.91 Å². The molecule has 28 heavy (non-hydrogen) atoms. The van der Waals surface area contributed by atoms with E-state index in [0.29, 0.717) is 11.5 Å². The fraction of sp³-hybridized carbons (Fsp3) is 0.348. The van der Waals surface area contributed by atoms with Crippen LogP contribution in [0.15, 0.2) is 55.0 Å². The quantitative estimate of drug-likeness (QED) is 0.706. The van der Waals surface area contributed by atoms with Crippen molar-refractivity contribution in [1.82, 2.24) is 19.8 Å². The van der Waals surface area contributed by atoms with Crippen LogP contribution in [0.4, 0.5) is 0 Å². The van der Waals surface area contributed by atoms with Gasteiger partial charge in [-0.3, -0.25) is 14.8 Å². The lowest BCUT2D eigenvalue weighted by molar-refractivity contribution is 0.0746. The van der Waals surface area contributed by atoms with Gasteiger partial charge in [-0.1, -0.05) is 12.1 Å². The first-order chi connectivity index (χ1) is 13.6. The largest absolute Gasteiger partial charge is 0.337 e. The number of likely N-dealkylation sites (N-methyl/N-ethyl adjacent to an activating group) is 1. The summed E-state index contributed by atoms with van der Waals surface area (Å²) in [5, 5.41) is 1.17. The van der Waals surface area contributed by atoms with Gasteiger partial charge in [-0.2, -0.15) is 0 Å². The van der Waals surface area contributed by atoms with Crippen LogP contribution in [0.25, 0.3) is 10.9 Å². The van der Waals surface area contributed by atoms with E-state index in [2.05, 4.69) is 46.2 Å².